The Morgan fingerprint density at radius 2 is 1.37 bits per heavy atom. The molecule has 0 saturated heterocycles. The Bertz CT molecular complexity index is 855. The standard InChI is InChI=1S/C35H59NO7/c1-6-8-10-12-14-16-18-20-22-24-26-34(38)43-31(29-41-28-27-32(35(39)40)36(3,4)5)30-42-33(37)25-23-21-19-17-15-13-11-9-7-2/h9,11-12,14-15,17,21,23,31-32H,6-8,10,13,16,18-20,22,24-30H2,1-5H3/p+1/b11-9+,14-12+,17-15+,23-21+. The maximum absolute atomic E-state index is 12.5. The number of likely N-dealkylation sites (N-methyl/N-ethyl adjacent to an activating group) is 1. The summed E-state index contributed by atoms with van der Waals surface area (Å²) in [5.74, 6) is -1.65. The molecule has 8 nitrogen and oxygen atoms in total. The zero-order chi connectivity index (χ0) is 32.2. The molecule has 8 heteroatoms. The summed E-state index contributed by atoms with van der Waals surface area (Å²) in [6.07, 6.45) is 27.7. The minimum Gasteiger partial charge on any atom is -0.477 e. The third-order valence-electron chi connectivity index (χ3n) is 6.75. The lowest BCUT2D eigenvalue weighted by Gasteiger charge is -2.31. The van der Waals surface area contributed by atoms with Gasteiger partial charge in [-0.25, -0.2) is 4.79 Å². The van der Waals surface area contributed by atoms with E-state index < -0.39 is 24.1 Å². The summed E-state index contributed by atoms with van der Waals surface area (Å²) >= 11 is 0. The molecule has 0 aliphatic carbocycles. The van der Waals surface area contributed by atoms with Crippen molar-refractivity contribution in [1.82, 2.24) is 0 Å². The first kappa shape index (κ1) is 40.3. The van der Waals surface area contributed by atoms with Gasteiger partial charge in [-0.3, -0.25) is 9.59 Å². The number of esters is 2. The van der Waals surface area contributed by atoms with Crippen molar-refractivity contribution in [3.05, 3.63) is 48.6 Å². The van der Waals surface area contributed by atoms with Gasteiger partial charge in [0, 0.05) is 12.8 Å². The number of carbonyl (C=O) groups excluding carboxylic acids is 2. The van der Waals surface area contributed by atoms with Crippen molar-refractivity contribution >= 4 is 17.9 Å². The molecule has 1 N–H and O–H groups in total. The molecule has 0 saturated carbocycles. The predicted octanol–water partition coefficient (Wildman–Crippen LogP) is 7.34. The van der Waals surface area contributed by atoms with Crippen molar-refractivity contribution in [3.63, 3.8) is 0 Å². The van der Waals surface area contributed by atoms with Crippen LogP contribution in [-0.2, 0) is 28.6 Å². The molecular formula is C35H60NO7+. The topological polar surface area (TPSA) is 99.1 Å². The van der Waals surface area contributed by atoms with E-state index in [0.717, 1.165) is 57.8 Å². The molecule has 0 rings (SSSR count). The SMILES string of the molecule is CC/C=C/C/C=C/C/C=C/CC(=O)OCC(COCCC(C(=O)O)[N+](C)(C)C)OC(=O)CCCCCC/C=C/CCCC. The molecule has 0 bridgehead atoms. The summed E-state index contributed by atoms with van der Waals surface area (Å²) in [5.41, 5.74) is 0. The van der Waals surface area contributed by atoms with Gasteiger partial charge in [-0.1, -0.05) is 88.1 Å². The summed E-state index contributed by atoms with van der Waals surface area (Å²) in [7, 11) is 5.47. The van der Waals surface area contributed by atoms with Crippen LogP contribution in [0.4, 0.5) is 0 Å². The average molecular weight is 607 g/mol. The Labute approximate surface area is 261 Å². The molecule has 43 heavy (non-hydrogen) atoms. The van der Waals surface area contributed by atoms with E-state index in [9.17, 15) is 19.5 Å². The number of aliphatic carboxylic acids is 1. The van der Waals surface area contributed by atoms with E-state index in [1.54, 1.807) is 6.08 Å². The lowest BCUT2D eigenvalue weighted by Crippen LogP contribution is -2.50. The normalized spacial score (nSPS) is 13.8. The molecule has 246 valence electrons. The average Bonchev–Trinajstić information content (AvgIpc) is 2.94. The van der Waals surface area contributed by atoms with Crippen LogP contribution in [0.25, 0.3) is 0 Å². The molecule has 0 heterocycles. The largest absolute Gasteiger partial charge is 0.477 e. The van der Waals surface area contributed by atoms with Gasteiger partial charge < -0.3 is 23.8 Å². The fourth-order valence-corrected chi connectivity index (χ4v) is 4.19. The molecule has 2 atom stereocenters. The maximum Gasteiger partial charge on any atom is 0.362 e. The number of hydrogen-bond donors (Lipinski definition) is 1. The van der Waals surface area contributed by atoms with Gasteiger partial charge in [-0.05, 0) is 44.9 Å². The van der Waals surface area contributed by atoms with Gasteiger partial charge in [0.1, 0.15) is 6.61 Å². The second kappa shape index (κ2) is 26.9. The first-order valence-corrected chi connectivity index (χ1v) is 16.2. The number of carboxylic acids is 1. The number of unbranched alkanes of at least 4 members (excludes halogenated alkanes) is 6. The first-order valence-electron chi connectivity index (χ1n) is 16.2. The number of carbonyl (C=O) groups is 3. The van der Waals surface area contributed by atoms with Crippen LogP contribution in [0.5, 0.6) is 0 Å². The van der Waals surface area contributed by atoms with Gasteiger partial charge in [0.15, 0.2) is 12.1 Å². The predicted molar refractivity (Wildman–Crippen MR) is 174 cm³/mol. The highest BCUT2D eigenvalue weighted by Crippen LogP contribution is 2.11. The molecular weight excluding hydrogens is 546 g/mol. The number of allylic oxidation sites excluding steroid dienone is 7. The van der Waals surface area contributed by atoms with E-state index in [4.69, 9.17) is 14.2 Å². The zero-order valence-corrected chi connectivity index (χ0v) is 27.6. The van der Waals surface area contributed by atoms with E-state index in [1.807, 2.05) is 33.3 Å². The highest BCUT2D eigenvalue weighted by molar-refractivity contribution is 5.72. The lowest BCUT2D eigenvalue weighted by atomic mass is 10.1. The van der Waals surface area contributed by atoms with Crippen LogP contribution < -0.4 is 0 Å². The molecule has 0 aromatic carbocycles. The van der Waals surface area contributed by atoms with Crippen molar-refractivity contribution in [2.45, 2.75) is 116 Å². The summed E-state index contributed by atoms with van der Waals surface area (Å²) in [5, 5.41) is 9.53. The molecule has 0 aliphatic heterocycles. The number of ether oxygens (including phenoxy) is 3. The fraction of sp³-hybridized carbons (Fsp3) is 0.686. The van der Waals surface area contributed by atoms with E-state index in [1.165, 1.54) is 12.8 Å². The Kier molecular flexibility index (Phi) is 25.2. The van der Waals surface area contributed by atoms with Crippen LogP contribution in [0.1, 0.15) is 104 Å². The van der Waals surface area contributed by atoms with Gasteiger partial charge >= 0.3 is 17.9 Å². The van der Waals surface area contributed by atoms with Gasteiger partial charge in [0.05, 0.1) is 40.8 Å². The van der Waals surface area contributed by atoms with E-state index in [0.29, 0.717) is 12.8 Å². The van der Waals surface area contributed by atoms with E-state index in [-0.39, 0.29) is 36.7 Å². The monoisotopic (exact) mass is 606 g/mol. The summed E-state index contributed by atoms with van der Waals surface area (Å²) < 4.78 is 16.9. The van der Waals surface area contributed by atoms with E-state index >= 15 is 0 Å². The Hall–Kier alpha value is -2.71. The Morgan fingerprint density at radius 3 is 2.00 bits per heavy atom. The minimum absolute atomic E-state index is 0.0278. The van der Waals surface area contributed by atoms with Crippen molar-refractivity contribution in [1.29, 1.82) is 0 Å². The zero-order valence-electron chi connectivity index (χ0n) is 27.6. The number of hydrogen-bond acceptors (Lipinski definition) is 6. The van der Waals surface area contributed by atoms with Crippen LogP contribution in [0.15, 0.2) is 48.6 Å². The van der Waals surface area contributed by atoms with Gasteiger partial charge in [0.2, 0.25) is 0 Å². The second-order valence-electron chi connectivity index (χ2n) is 11.7. The summed E-state index contributed by atoms with van der Waals surface area (Å²) in [6.45, 7) is 4.40. The Balaban J connectivity index is 4.65. The first-order chi connectivity index (χ1) is 20.6. The van der Waals surface area contributed by atoms with Gasteiger partial charge in [-0.15, -0.1) is 0 Å². The highest BCUT2D eigenvalue weighted by atomic mass is 16.6. The molecule has 0 aliphatic rings. The third kappa shape index (κ3) is 25.5. The molecule has 0 fully saturated rings. The number of carboxylic acid groups (broad SMARTS) is 1. The molecule has 0 aromatic rings. The second-order valence-corrected chi connectivity index (χ2v) is 11.7. The third-order valence-corrected chi connectivity index (χ3v) is 6.75. The molecule has 0 radical (unpaired) electrons. The fourth-order valence-electron chi connectivity index (χ4n) is 4.19. The molecule has 0 spiro atoms. The Morgan fingerprint density at radius 1 is 0.744 bits per heavy atom. The van der Waals surface area contributed by atoms with Crippen LogP contribution >= 0.6 is 0 Å². The molecule has 2 unspecified atom stereocenters. The number of rotatable bonds is 27. The molecule has 0 aromatic heterocycles. The summed E-state index contributed by atoms with van der Waals surface area (Å²) in [4.78, 5) is 36.4. The number of quaternary nitrogens is 1. The quantitative estimate of drug-likeness (QED) is 0.0452. The molecule has 0 amide bonds. The van der Waals surface area contributed by atoms with Crippen molar-refractivity contribution in [3.8, 4) is 0 Å². The number of nitrogens with zero attached hydrogens (tertiary/aromatic N) is 1. The van der Waals surface area contributed by atoms with Crippen LogP contribution in [-0.4, -0.2) is 80.6 Å². The highest BCUT2D eigenvalue weighted by Gasteiger charge is 2.31. The van der Waals surface area contributed by atoms with E-state index in [2.05, 4.69) is 44.2 Å². The minimum atomic E-state index is -0.891. The lowest BCUT2D eigenvalue weighted by molar-refractivity contribution is -0.887. The van der Waals surface area contributed by atoms with Gasteiger partial charge in [0.25, 0.3) is 0 Å². The summed E-state index contributed by atoms with van der Waals surface area (Å²) in [6, 6.07) is -0.625. The van der Waals surface area contributed by atoms with Crippen molar-refractivity contribution < 1.29 is 38.2 Å². The smallest absolute Gasteiger partial charge is 0.362 e. The maximum atomic E-state index is 12.5. The van der Waals surface area contributed by atoms with Crippen LogP contribution in [0, 0.1) is 0 Å². The van der Waals surface area contributed by atoms with Crippen LogP contribution in [0.2, 0.25) is 0 Å². The van der Waals surface area contributed by atoms with Gasteiger partial charge in [-0.2, -0.15) is 0 Å². The van der Waals surface area contributed by atoms with Crippen molar-refractivity contribution in [2.75, 3.05) is 41.0 Å². The van der Waals surface area contributed by atoms with Crippen molar-refractivity contribution in [2.24, 2.45) is 0 Å². The van der Waals surface area contributed by atoms with Crippen LogP contribution in [0.3, 0.4) is 0 Å².